The number of carbonyl (C=O) groups excluding carboxylic acids is 1. The maximum absolute atomic E-state index is 11.1. The van der Waals surface area contributed by atoms with Gasteiger partial charge in [-0.1, -0.05) is 39.5 Å². The lowest BCUT2D eigenvalue weighted by Crippen LogP contribution is -2.31. The summed E-state index contributed by atoms with van der Waals surface area (Å²) in [6.45, 7) is 5.12. The number of ether oxygens (including phenoxy) is 1. The Morgan fingerprint density at radius 3 is 1.81 bits per heavy atom. The van der Waals surface area contributed by atoms with Gasteiger partial charge in [-0.2, -0.15) is 0 Å². The Morgan fingerprint density at radius 2 is 1.54 bits per heavy atom. The van der Waals surface area contributed by atoms with E-state index in [-0.39, 0.29) is 12.1 Å². The van der Waals surface area contributed by atoms with E-state index in [9.17, 15) is 9.59 Å². The minimum absolute atomic E-state index is 0. The van der Waals surface area contributed by atoms with Crippen molar-refractivity contribution in [2.75, 3.05) is 13.2 Å². The van der Waals surface area contributed by atoms with Crippen LogP contribution in [0.1, 0.15) is 78.1 Å². The number of aliphatic carboxylic acids is 1. The minimum atomic E-state index is -0.868. The maximum atomic E-state index is 11.1. The summed E-state index contributed by atoms with van der Waals surface area (Å²) in [5, 5.41) is 16.4. The van der Waals surface area contributed by atoms with Crippen LogP contribution < -0.4 is 11.9 Å². The summed E-state index contributed by atoms with van der Waals surface area (Å²) in [5.41, 5.74) is 4.36. The number of hydrogen-bond acceptors (Lipinski definition) is 6. The highest BCUT2D eigenvalue weighted by Gasteiger charge is 2.49. The number of aliphatic hydroxyl groups excluding tert-OH is 1. The van der Waals surface area contributed by atoms with Crippen molar-refractivity contribution in [1.82, 2.24) is 6.15 Å². The summed E-state index contributed by atoms with van der Waals surface area (Å²) < 4.78 is 5.00. The van der Waals surface area contributed by atoms with Crippen molar-refractivity contribution in [3.8, 4) is 0 Å². The number of carboxylic acids is 1. The zero-order valence-corrected chi connectivity index (χ0v) is 17.0. The zero-order valence-electron chi connectivity index (χ0n) is 16.3. The average molecular weight is 397 g/mol. The Balaban J connectivity index is 0. The predicted molar refractivity (Wildman–Crippen MR) is 104 cm³/mol. The van der Waals surface area contributed by atoms with Gasteiger partial charge in [0.15, 0.2) is 0 Å². The van der Waals surface area contributed by atoms with Crippen LogP contribution in [0.2, 0.25) is 0 Å². The molecule has 0 bridgehead atoms. The number of carbonyl (C=O) groups is 2. The molecule has 26 heavy (non-hydrogen) atoms. The summed E-state index contributed by atoms with van der Waals surface area (Å²) >= 11 is 5.83. The molecular weight excluding hydrogens is 360 g/mol. The van der Waals surface area contributed by atoms with E-state index >= 15 is 0 Å². The first-order chi connectivity index (χ1) is 11.8. The first-order valence-electron chi connectivity index (χ1n) is 9.25. The van der Waals surface area contributed by atoms with Crippen molar-refractivity contribution < 1.29 is 24.5 Å². The maximum Gasteiger partial charge on any atom is 0.327 e. The third-order valence-electron chi connectivity index (χ3n) is 4.01. The van der Waals surface area contributed by atoms with Gasteiger partial charge in [-0.05, 0) is 38.5 Å². The van der Waals surface area contributed by atoms with E-state index in [0.717, 1.165) is 44.9 Å². The average Bonchev–Trinajstić information content (AvgIpc) is 3.50. The number of carboxylic acid groups (broad SMARTS) is 1. The summed E-state index contributed by atoms with van der Waals surface area (Å²) in [5.74, 6) is -1.09. The molecule has 2 aliphatic rings. The second kappa shape index (κ2) is 14.2. The van der Waals surface area contributed by atoms with Crippen LogP contribution in [0.25, 0.3) is 0 Å². The van der Waals surface area contributed by atoms with Gasteiger partial charge in [0, 0.05) is 6.61 Å². The van der Waals surface area contributed by atoms with Crippen LogP contribution in [-0.2, 0) is 14.3 Å². The molecule has 0 aromatic rings. The highest BCUT2D eigenvalue weighted by Crippen LogP contribution is 2.43. The molecule has 2 rings (SSSR count). The standard InChI is InChI=1S/C9H15ClO2.C5H12O.C4H7NO2.H3N/c1-2-3-4-7-12-8(11)9(10)5-6-9;1-2-3-4-5-6;5-4(1-2-4)3(6)7;/h2-7H2,1H3;6H,2-5H2,1H3;1-2,5H2,(H,6,7);1H3. The monoisotopic (exact) mass is 396 g/mol. The Labute approximate surface area is 162 Å². The van der Waals surface area contributed by atoms with E-state index in [4.69, 9.17) is 32.3 Å². The quantitative estimate of drug-likeness (QED) is 0.265. The van der Waals surface area contributed by atoms with Gasteiger partial charge in [-0.25, -0.2) is 0 Å². The molecule has 0 unspecified atom stereocenters. The molecule has 0 spiro atoms. The van der Waals surface area contributed by atoms with Crippen molar-refractivity contribution in [1.29, 1.82) is 0 Å². The fraction of sp³-hybridized carbons (Fsp3) is 0.889. The molecule has 0 aromatic carbocycles. The summed E-state index contributed by atoms with van der Waals surface area (Å²) in [6.07, 6.45) is 9.38. The molecule has 0 radical (unpaired) electrons. The zero-order chi connectivity index (χ0) is 19.3. The molecule has 0 amide bonds. The lowest BCUT2D eigenvalue weighted by molar-refractivity contribution is -0.144. The van der Waals surface area contributed by atoms with E-state index in [0.29, 0.717) is 26.1 Å². The van der Waals surface area contributed by atoms with E-state index in [1.165, 1.54) is 6.42 Å². The Hall–Kier alpha value is -0.890. The molecule has 0 heterocycles. The van der Waals surface area contributed by atoms with Crippen molar-refractivity contribution in [2.24, 2.45) is 5.73 Å². The van der Waals surface area contributed by atoms with Crippen LogP contribution in [0.15, 0.2) is 0 Å². The summed E-state index contributed by atoms with van der Waals surface area (Å²) in [6, 6.07) is 0. The molecule has 7 nitrogen and oxygen atoms in total. The first kappa shape index (κ1) is 27.3. The number of unbranched alkanes of at least 4 members (excludes halogenated alkanes) is 4. The van der Waals surface area contributed by atoms with Gasteiger partial charge in [-0.15, -0.1) is 11.6 Å². The molecular formula is C18H37ClN2O5. The van der Waals surface area contributed by atoms with E-state index in [2.05, 4.69) is 13.8 Å². The number of hydrogen-bond donors (Lipinski definition) is 4. The lowest BCUT2D eigenvalue weighted by Gasteiger charge is -2.06. The smallest absolute Gasteiger partial charge is 0.327 e. The third kappa shape index (κ3) is 12.5. The van der Waals surface area contributed by atoms with Crippen LogP contribution in [-0.4, -0.2) is 45.8 Å². The highest BCUT2D eigenvalue weighted by molar-refractivity contribution is 6.36. The second-order valence-electron chi connectivity index (χ2n) is 6.70. The summed E-state index contributed by atoms with van der Waals surface area (Å²) in [4.78, 5) is 20.5. The van der Waals surface area contributed by atoms with Crippen LogP contribution in [0.4, 0.5) is 0 Å². The SMILES string of the molecule is CCCCCO.CCCCCOC(=O)C1(Cl)CC1.N.NC1(C(=O)O)CC1. The molecule has 156 valence electrons. The number of alkyl halides is 1. The molecule has 8 heteroatoms. The number of rotatable bonds is 9. The van der Waals surface area contributed by atoms with Crippen molar-refractivity contribution in [3.63, 3.8) is 0 Å². The van der Waals surface area contributed by atoms with E-state index in [1.54, 1.807) is 0 Å². The molecule has 0 aliphatic heterocycles. The predicted octanol–water partition coefficient (Wildman–Crippen LogP) is 3.38. The molecule has 7 N–H and O–H groups in total. The molecule has 0 atom stereocenters. The third-order valence-corrected chi connectivity index (χ3v) is 4.54. The van der Waals surface area contributed by atoms with Crippen molar-refractivity contribution in [3.05, 3.63) is 0 Å². The molecule has 0 aromatic heterocycles. The van der Waals surface area contributed by atoms with E-state index < -0.39 is 16.4 Å². The first-order valence-corrected chi connectivity index (χ1v) is 9.62. The molecule has 0 saturated heterocycles. The van der Waals surface area contributed by atoms with Gasteiger partial charge in [-0.3, -0.25) is 9.59 Å². The van der Waals surface area contributed by atoms with Crippen LogP contribution in [0, 0.1) is 0 Å². The largest absolute Gasteiger partial charge is 0.480 e. The van der Waals surface area contributed by atoms with E-state index in [1.807, 2.05) is 0 Å². The number of halogens is 1. The van der Waals surface area contributed by atoms with Gasteiger partial charge in [0.05, 0.1) is 6.61 Å². The fourth-order valence-corrected chi connectivity index (χ4v) is 1.82. The summed E-state index contributed by atoms with van der Waals surface area (Å²) in [7, 11) is 0. The minimum Gasteiger partial charge on any atom is -0.480 e. The van der Waals surface area contributed by atoms with Crippen LogP contribution >= 0.6 is 11.6 Å². The molecule has 2 saturated carbocycles. The molecule has 2 aliphatic carbocycles. The number of aliphatic hydroxyl groups is 1. The van der Waals surface area contributed by atoms with Crippen molar-refractivity contribution >= 4 is 23.5 Å². The Bertz CT molecular complexity index is 395. The van der Waals surface area contributed by atoms with Crippen LogP contribution in [0.5, 0.6) is 0 Å². The Kier molecular flexibility index (Phi) is 14.9. The van der Waals surface area contributed by atoms with Gasteiger partial charge < -0.3 is 26.8 Å². The van der Waals surface area contributed by atoms with Gasteiger partial charge in [0.25, 0.3) is 0 Å². The normalized spacial score (nSPS) is 17.3. The second-order valence-corrected chi connectivity index (χ2v) is 7.42. The molecule has 2 fully saturated rings. The van der Waals surface area contributed by atoms with Crippen LogP contribution in [0.3, 0.4) is 0 Å². The lowest BCUT2D eigenvalue weighted by atomic mass is 10.3. The number of esters is 1. The van der Waals surface area contributed by atoms with Gasteiger partial charge in [0.2, 0.25) is 0 Å². The van der Waals surface area contributed by atoms with Crippen molar-refractivity contribution in [2.45, 2.75) is 88.5 Å². The fourth-order valence-electron chi connectivity index (χ4n) is 1.67. The number of nitrogens with two attached hydrogens (primary N) is 1. The van der Waals surface area contributed by atoms with Gasteiger partial charge >= 0.3 is 11.9 Å². The Morgan fingerprint density at radius 1 is 1.04 bits per heavy atom. The topological polar surface area (TPSA) is 145 Å². The highest BCUT2D eigenvalue weighted by atomic mass is 35.5. The van der Waals surface area contributed by atoms with Gasteiger partial charge in [0.1, 0.15) is 10.4 Å².